The molecule has 0 saturated carbocycles. The van der Waals surface area contributed by atoms with Gasteiger partial charge in [0.25, 0.3) is 5.91 Å². The lowest BCUT2D eigenvalue weighted by Crippen LogP contribution is -2.42. The maximum atomic E-state index is 11.6. The number of rotatable bonds is 3. The molecular formula is C8H7Cl3N2O2S. The van der Waals surface area contributed by atoms with Crippen LogP contribution in [-0.2, 0) is 4.79 Å². The van der Waals surface area contributed by atoms with Crippen molar-refractivity contribution in [3.05, 3.63) is 19.3 Å². The van der Waals surface area contributed by atoms with Gasteiger partial charge < -0.3 is 11.1 Å². The Hall–Kier alpha value is -0.490. The van der Waals surface area contributed by atoms with Crippen molar-refractivity contribution in [3.63, 3.8) is 0 Å². The summed E-state index contributed by atoms with van der Waals surface area (Å²) in [5.74, 6) is -1.17. The van der Waals surface area contributed by atoms with Crippen molar-refractivity contribution in [3.8, 4) is 0 Å². The van der Waals surface area contributed by atoms with Crippen LogP contribution in [0.1, 0.15) is 16.6 Å². The van der Waals surface area contributed by atoms with E-state index in [9.17, 15) is 9.59 Å². The van der Waals surface area contributed by atoms with Crippen molar-refractivity contribution in [1.29, 1.82) is 0 Å². The lowest BCUT2D eigenvalue weighted by molar-refractivity contribution is -0.119. The zero-order chi connectivity index (χ0) is 12.5. The Morgan fingerprint density at radius 1 is 1.31 bits per heavy atom. The summed E-state index contributed by atoms with van der Waals surface area (Å²) in [6.45, 7) is 1.46. The third kappa shape index (κ3) is 2.79. The van der Waals surface area contributed by atoms with Gasteiger partial charge in [0, 0.05) is 0 Å². The molecule has 16 heavy (non-hydrogen) atoms. The maximum absolute atomic E-state index is 11.6. The molecule has 0 radical (unpaired) electrons. The Morgan fingerprint density at radius 3 is 2.25 bits per heavy atom. The van der Waals surface area contributed by atoms with Crippen LogP contribution < -0.4 is 11.1 Å². The van der Waals surface area contributed by atoms with Crippen molar-refractivity contribution >= 4 is 58.0 Å². The van der Waals surface area contributed by atoms with E-state index >= 15 is 0 Å². The quantitative estimate of drug-likeness (QED) is 0.899. The Morgan fingerprint density at radius 2 is 1.88 bits per heavy atom. The van der Waals surface area contributed by atoms with Gasteiger partial charge in [-0.25, -0.2) is 0 Å². The molecule has 0 unspecified atom stereocenters. The molecule has 8 heteroatoms. The number of hydrogen-bond acceptors (Lipinski definition) is 3. The van der Waals surface area contributed by atoms with Crippen LogP contribution in [0.25, 0.3) is 0 Å². The minimum absolute atomic E-state index is 0.0748. The summed E-state index contributed by atoms with van der Waals surface area (Å²) < 4.78 is 0.226. The van der Waals surface area contributed by atoms with Crippen molar-refractivity contribution in [2.75, 3.05) is 0 Å². The molecule has 0 fully saturated rings. The molecule has 1 aromatic rings. The number of hydrogen-bond donors (Lipinski definition) is 2. The highest BCUT2D eigenvalue weighted by molar-refractivity contribution is 7.19. The summed E-state index contributed by atoms with van der Waals surface area (Å²) in [7, 11) is 0. The highest BCUT2D eigenvalue weighted by Crippen LogP contribution is 2.40. The van der Waals surface area contributed by atoms with Crippen LogP contribution in [-0.4, -0.2) is 17.9 Å². The SMILES string of the molecule is C[C@H](NC(=O)c1sc(Cl)c(Cl)c1Cl)C(N)=O. The predicted molar refractivity (Wildman–Crippen MR) is 65.5 cm³/mol. The average Bonchev–Trinajstić information content (AvgIpc) is 2.45. The van der Waals surface area contributed by atoms with Crippen LogP contribution in [0, 0.1) is 0 Å². The van der Waals surface area contributed by atoms with Gasteiger partial charge in [-0.1, -0.05) is 34.8 Å². The molecular weight excluding hydrogens is 295 g/mol. The fraction of sp³-hybridized carbons (Fsp3) is 0.250. The number of primary amides is 1. The zero-order valence-corrected chi connectivity index (χ0v) is 11.1. The van der Waals surface area contributed by atoms with Crippen molar-refractivity contribution in [2.45, 2.75) is 13.0 Å². The van der Waals surface area contributed by atoms with Gasteiger partial charge in [-0.15, -0.1) is 11.3 Å². The van der Waals surface area contributed by atoms with E-state index in [1.807, 2.05) is 0 Å². The molecule has 88 valence electrons. The molecule has 1 aromatic heterocycles. The van der Waals surface area contributed by atoms with Crippen LogP contribution >= 0.6 is 46.1 Å². The van der Waals surface area contributed by atoms with E-state index in [2.05, 4.69) is 5.32 Å². The first-order valence-electron chi connectivity index (χ1n) is 4.08. The van der Waals surface area contributed by atoms with E-state index in [4.69, 9.17) is 40.5 Å². The van der Waals surface area contributed by atoms with Gasteiger partial charge >= 0.3 is 0 Å². The van der Waals surface area contributed by atoms with Crippen LogP contribution in [0.4, 0.5) is 0 Å². The summed E-state index contributed by atoms with van der Waals surface area (Å²) in [6.07, 6.45) is 0. The van der Waals surface area contributed by atoms with E-state index in [1.165, 1.54) is 6.92 Å². The fourth-order valence-corrected chi connectivity index (χ4v) is 2.55. The highest BCUT2D eigenvalue weighted by atomic mass is 35.5. The Bertz CT molecular complexity index is 447. The number of amides is 2. The molecule has 2 amide bonds. The highest BCUT2D eigenvalue weighted by Gasteiger charge is 2.22. The number of nitrogens with two attached hydrogens (primary N) is 1. The van der Waals surface area contributed by atoms with E-state index in [0.717, 1.165) is 11.3 Å². The molecule has 0 spiro atoms. The third-order valence-corrected chi connectivity index (χ3v) is 4.31. The van der Waals surface area contributed by atoms with Crippen LogP contribution in [0.5, 0.6) is 0 Å². The molecule has 0 saturated heterocycles. The molecule has 1 atom stereocenters. The van der Waals surface area contributed by atoms with Gasteiger partial charge in [-0.3, -0.25) is 9.59 Å². The molecule has 0 aliphatic carbocycles. The molecule has 3 N–H and O–H groups in total. The summed E-state index contributed by atoms with van der Waals surface area (Å²) >= 11 is 18.2. The predicted octanol–water partition coefficient (Wildman–Crippen LogP) is 2.31. The fourth-order valence-electron chi connectivity index (χ4n) is 0.845. The lowest BCUT2D eigenvalue weighted by atomic mass is 10.3. The molecule has 4 nitrogen and oxygen atoms in total. The summed E-state index contributed by atoms with van der Waals surface area (Å²) in [5.41, 5.74) is 5.00. The number of carbonyl (C=O) groups is 2. The minimum atomic E-state index is -0.789. The van der Waals surface area contributed by atoms with E-state index in [0.29, 0.717) is 0 Å². The second kappa shape index (κ2) is 5.23. The van der Waals surface area contributed by atoms with Gasteiger partial charge in [-0.2, -0.15) is 0 Å². The monoisotopic (exact) mass is 300 g/mol. The Balaban J connectivity index is 2.89. The average molecular weight is 302 g/mol. The number of halogens is 3. The number of thiophene rings is 1. The van der Waals surface area contributed by atoms with E-state index in [1.54, 1.807) is 0 Å². The minimum Gasteiger partial charge on any atom is -0.368 e. The first-order chi connectivity index (χ1) is 7.34. The first kappa shape index (κ1) is 13.6. The van der Waals surface area contributed by atoms with Crippen molar-refractivity contribution in [2.24, 2.45) is 5.73 Å². The van der Waals surface area contributed by atoms with Gasteiger partial charge in [0.05, 0.1) is 10.0 Å². The Kier molecular flexibility index (Phi) is 4.43. The molecule has 0 aliphatic rings. The maximum Gasteiger partial charge on any atom is 0.263 e. The second-order valence-electron chi connectivity index (χ2n) is 2.93. The summed E-state index contributed by atoms with van der Waals surface area (Å²) in [6, 6.07) is -0.789. The van der Waals surface area contributed by atoms with Gasteiger partial charge in [0.15, 0.2) is 0 Å². The van der Waals surface area contributed by atoms with Gasteiger partial charge in [0.2, 0.25) is 5.91 Å². The molecule has 1 heterocycles. The largest absolute Gasteiger partial charge is 0.368 e. The second-order valence-corrected chi connectivity index (χ2v) is 5.31. The van der Waals surface area contributed by atoms with Crippen LogP contribution in [0.2, 0.25) is 14.4 Å². The smallest absolute Gasteiger partial charge is 0.263 e. The number of carbonyl (C=O) groups excluding carboxylic acids is 2. The lowest BCUT2D eigenvalue weighted by Gasteiger charge is -2.08. The summed E-state index contributed by atoms with van der Waals surface area (Å²) in [4.78, 5) is 22.5. The molecule has 0 aromatic carbocycles. The third-order valence-electron chi connectivity index (χ3n) is 1.74. The van der Waals surface area contributed by atoms with Crippen LogP contribution in [0.3, 0.4) is 0 Å². The first-order valence-corrected chi connectivity index (χ1v) is 6.03. The molecule has 0 aliphatic heterocycles. The molecule has 0 bridgehead atoms. The van der Waals surface area contributed by atoms with Crippen molar-refractivity contribution in [1.82, 2.24) is 5.32 Å². The number of nitrogens with one attached hydrogen (secondary N) is 1. The van der Waals surface area contributed by atoms with Gasteiger partial charge in [-0.05, 0) is 6.92 Å². The topological polar surface area (TPSA) is 72.2 Å². The summed E-state index contributed by atoms with van der Waals surface area (Å²) in [5, 5.41) is 2.58. The zero-order valence-electron chi connectivity index (χ0n) is 8.01. The molecule has 1 rings (SSSR count). The van der Waals surface area contributed by atoms with Gasteiger partial charge in [0.1, 0.15) is 15.3 Å². The van der Waals surface area contributed by atoms with E-state index in [-0.39, 0.29) is 19.3 Å². The van der Waals surface area contributed by atoms with Crippen LogP contribution in [0.15, 0.2) is 0 Å². The normalized spacial score (nSPS) is 12.2. The standard InChI is InChI=1S/C8H7Cl3N2O2S/c1-2(7(12)14)13-8(15)5-3(9)4(10)6(11)16-5/h2H,1H3,(H2,12,14)(H,13,15)/t2-/m0/s1. The van der Waals surface area contributed by atoms with Crippen molar-refractivity contribution < 1.29 is 9.59 Å². The Labute approximate surface area is 111 Å². The van der Waals surface area contributed by atoms with E-state index < -0.39 is 17.9 Å².